The molecule has 1 saturated heterocycles. The Morgan fingerprint density at radius 2 is 1.95 bits per heavy atom. The second-order valence-electron chi connectivity index (χ2n) is 5.97. The zero-order valence-electron chi connectivity index (χ0n) is 11.9. The topological polar surface area (TPSA) is 95.7 Å². The fourth-order valence-electron chi connectivity index (χ4n) is 3.31. The van der Waals surface area contributed by atoms with Gasteiger partial charge in [0.25, 0.3) is 0 Å². The molecule has 6 heteroatoms. The average Bonchev–Trinajstić information content (AvgIpc) is 2.48. The van der Waals surface area contributed by atoms with Crippen LogP contribution in [0.2, 0.25) is 0 Å². The van der Waals surface area contributed by atoms with Crippen LogP contribution in [0.15, 0.2) is 0 Å². The molecule has 3 amide bonds. The van der Waals surface area contributed by atoms with Crippen LogP contribution in [0.3, 0.4) is 0 Å². The fourth-order valence-corrected chi connectivity index (χ4v) is 3.31. The maximum atomic E-state index is 12.3. The van der Waals surface area contributed by atoms with E-state index in [2.05, 4.69) is 5.32 Å². The lowest BCUT2D eigenvalue weighted by Gasteiger charge is -2.35. The molecule has 2 rings (SSSR count). The van der Waals surface area contributed by atoms with Crippen molar-refractivity contribution in [1.29, 1.82) is 0 Å². The van der Waals surface area contributed by atoms with E-state index in [9.17, 15) is 14.7 Å². The average molecular weight is 283 g/mol. The van der Waals surface area contributed by atoms with Gasteiger partial charge < -0.3 is 21.1 Å². The Morgan fingerprint density at radius 1 is 1.20 bits per heavy atom. The van der Waals surface area contributed by atoms with Crippen molar-refractivity contribution >= 4 is 11.9 Å². The van der Waals surface area contributed by atoms with Crippen LogP contribution in [0, 0.1) is 11.8 Å². The summed E-state index contributed by atoms with van der Waals surface area (Å²) in [7, 11) is 0. The lowest BCUT2D eigenvalue weighted by molar-refractivity contribution is -0.127. The first kappa shape index (κ1) is 15.1. The predicted octanol–water partition coefficient (Wildman–Crippen LogP) is 0.444. The molecule has 2 fully saturated rings. The summed E-state index contributed by atoms with van der Waals surface area (Å²) < 4.78 is 0. The molecule has 2 aliphatic rings. The van der Waals surface area contributed by atoms with Crippen LogP contribution < -0.4 is 11.1 Å². The Morgan fingerprint density at radius 3 is 2.65 bits per heavy atom. The molecule has 0 spiro atoms. The van der Waals surface area contributed by atoms with E-state index in [0.717, 1.165) is 38.5 Å². The van der Waals surface area contributed by atoms with E-state index in [1.54, 1.807) is 0 Å². The number of carbonyl (C=O) groups is 2. The van der Waals surface area contributed by atoms with Crippen molar-refractivity contribution in [1.82, 2.24) is 10.2 Å². The van der Waals surface area contributed by atoms with Crippen molar-refractivity contribution in [2.75, 3.05) is 19.7 Å². The van der Waals surface area contributed by atoms with Gasteiger partial charge in [-0.15, -0.1) is 0 Å². The van der Waals surface area contributed by atoms with Crippen molar-refractivity contribution in [2.24, 2.45) is 17.6 Å². The number of aliphatic hydroxyl groups is 1. The number of nitrogens with zero attached hydrogens (tertiary/aromatic N) is 1. The van der Waals surface area contributed by atoms with Crippen LogP contribution in [0.1, 0.15) is 38.5 Å². The van der Waals surface area contributed by atoms with Gasteiger partial charge in [0.05, 0.1) is 5.92 Å². The van der Waals surface area contributed by atoms with Gasteiger partial charge in [-0.25, -0.2) is 4.79 Å². The van der Waals surface area contributed by atoms with E-state index in [4.69, 9.17) is 5.73 Å². The Hall–Kier alpha value is -1.30. The van der Waals surface area contributed by atoms with Gasteiger partial charge >= 0.3 is 6.03 Å². The number of urea groups is 1. The molecule has 0 aromatic carbocycles. The van der Waals surface area contributed by atoms with Crippen LogP contribution >= 0.6 is 0 Å². The quantitative estimate of drug-likeness (QED) is 0.701. The van der Waals surface area contributed by atoms with Crippen LogP contribution in [-0.2, 0) is 4.79 Å². The van der Waals surface area contributed by atoms with Gasteiger partial charge in [0, 0.05) is 31.7 Å². The largest absolute Gasteiger partial charge is 0.396 e. The SMILES string of the molecule is NC(=O)N1CCCC(C(=O)NC2CCCCC2CO)C1. The standard InChI is InChI=1S/C14H25N3O3/c15-14(20)17-7-3-5-10(8-17)13(19)16-12-6-2-1-4-11(12)9-18/h10-12,18H,1-9H2,(H2,15,20)(H,16,19). The van der Waals surface area contributed by atoms with Crippen LogP contribution in [0.25, 0.3) is 0 Å². The second kappa shape index (κ2) is 6.92. The Balaban J connectivity index is 1.88. The van der Waals surface area contributed by atoms with E-state index in [-0.39, 0.29) is 30.4 Å². The van der Waals surface area contributed by atoms with Gasteiger partial charge in [0.15, 0.2) is 0 Å². The molecule has 4 N–H and O–H groups in total. The number of carbonyl (C=O) groups excluding carboxylic acids is 2. The molecule has 0 bridgehead atoms. The molecule has 6 nitrogen and oxygen atoms in total. The van der Waals surface area contributed by atoms with Crippen molar-refractivity contribution in [3.63, 3.8) is 0 Å². The minimum atomic E-state index is -0.451. The lowest BCUT2D eigenvalue weighted by Crippen LogP contribution is -2.51. The number of likely N-dealkylation sites (tertiary alicyclic amines) is 1. The van der Waals surface area contributed by atoms with Crippen LogP contribution in [0.4, 0.5) is 4.79 Å². The smallest absolute Gasteiger partial charge is 0.314 e. The number of hydrogen-bond acceptors (Lipinski definition) is 3. The molecule has 1 aliphatic carbocycles. The Kier molecular flexibility index (Phi) is 5.23. The highest BCUT2D eigenvalue weighted by molar-refractivity contribution is 5.80. The summed E-state index contributed by atoms with van der Waals surface area (Å²) in [5.74, 6) is 0.00218. The molecule has 114 valence electrons. The maximum absolute atomic E-state index is 12.3. The first-order valence-corrected chi connectivity index (χ1v) is 7.57. The summed E-state index contributed by atoms with van der Waals surface area (Å²) in [6.45, 7) is 1.18. The van der Waals surface area contributed by atoms with Gasteiger partial charge in [0.2, 0.25) is 5.91 Å². The van der Waals surface area contributed by atoms with Gasteiger partial charge in [0.1, 0.15) is 0 Å². The number of nitrogens with two attached hydrogens (primary N) is 1. The maximum Gasteiger partial charge on any atom is 0.314 e. The van der Waals surface area contributed by atoms with Gasteiger partial charge in [-0.2, -0.15) is 0 Å². The minimum Gasteiger partial charge on any atom is -0.396 e. The zero-order chi connectivity index (χ0) is 14.5. The Labute approximate surface area is 119 Å². The number of primary amides is 1. The monoisotopic (exact) mass is 283 g/mol. The molecule has 0 radical (unpaired) electrons. The summed E-state index contributed by atoms with van der Waals surface area (Å²) in [4.78, 5) is 25.1. The summed E-state index contributed by atoms with van der Waals surface area (Å²) in [5.41, 5.74) is 5.28. The lowest BCUT2D eigenvalue weighted by atomic mass is 9.84. The molecule has 20 heavy (non-hydrogen) atoms. The van der Waals surface area contributed by atoms with Crippen molar-refractivity contribution < 1.29 is 14.7 Å². The Bertz CT molecular complexity index is 362. The third-order valence-electron chi connectivity index (χ3n) is 4.58. The van der Waals surface area contributed by atoms with Gasteiger partial charge in [-0.1, -0.05) is 12.8 Å². The number of rotatable bonds is 3. The van der Waals surface area contributed by atoms with Crippen molar-refractivity contribution in [2.45, 2.75) is 44.6 Å². The highest BCUT2D eigenvalue weighted by atomic mass is 16.3. The zero-order valence-corrected chi connectivity index (χ0v) is 11.9. The van der Waals surface area contributed by atoms with E-state index in [1.165, 1.54) is 4.90 Å². The number of piperidine rings is 1. The molecule has 0 aromatic rings. The molecule has 1 aliphatic heterocycles. The van der Waals surface area contributed by atoms with Crippen molar-refractivity contribution in [3.05, 3.63) is 0 Å². The van der Waals surface area contributed by atoms with Crippen LogP contribution in [0.5, 0.6) is 0 Å². The molecule has 3 unspecified atom stereocenters. The first-order chi connectivity index (χ1) is 9.61. The van der Waals surface area contributed by atoms with E-state index < -0.39 is 6.03 Å². The molecule has 1 heterocycles. The summed E-state index contributed by atoms with van der Waals surface area (Å²) in [6, 6.07) is -0.376. The van der Waals surface area contributed by atoms with Crippen LogP contribution in [-0.4, -0.2) is 47.7 Å². The molecular weight excluding hydrogens is 258 g/mol. The third-order valence-corrected chi connectivity index (χ3v) is 4.58. The highest BCUT2D eigenvalue weighted by Gasteiger charge is 2.31. The normalized spacial score (nSPS) is 30.9. The highest BCUT2D eigenvalue weighted by Crippen LogP contribution is 2.25. The summed E-state index contributed by atoms with van der Waals surface area (Å²) >= 11 is 0. The molecule has 0 aromatic heterocycles. The number of nitrogens with one attached hydrogen (secondary N) is 1. The molecular formula is C14H25N3O3. The molecule has 1 saturated carbocycles. The van der Waals surface area contributed by atoms with E-state index in [1.807, 2.05) is 0 Å². The van der Waals surface area contributed by atoms with Crippen molar-refractivity contribution in [3.8, 4) is 0 Å². The van der Waals surface area contributed by atoms with E-state index >= 15 is 0 Å². The number of aliphatic hydroxyl groups excluding tert-OH is 1. The minimum absolute atomic E-state index is 0.00120. The summed E-state index contributed by atoms with van der Waals surface area (Å²) in [5, 5.41) is 12.5. The predicted molar refractivity (Wildman–Crippen MR) is 74.9 cm³/mol. The summed E-state index contributed by atoms with van der Waals surface area (Å²) in [6.07, 6.45) is 5.74. The van der Waals surface area contributed by atoms with Gasteiger partial charge in [-0.05, 0) is 25.7 Å². The van der Waals surface area contributed by atoms with Gasteiger partial charge in [-0.3, -0.25) is 4.79 Å². The molecule has 3 atom stereocenters. The number of amides is 3. The van der Waals surface area contributed by atoms with E-state index in [0.29, 0.717) is 13.1 Å². The first-order valence-electron chi connectivity index (χ1n) is 7.57. The third kappa shape index (κ3) is 3.62. The fraction of sp³-hybridized carbons (Fsp3) is 0.857. The number of hydrogen-bond donors (Lipinski definition) is 3. The second-order valence-corrected chi connectivity index (χ2v) is 5.97.